The molecule has 1 aliphatic rings. The Kier molecular flexibility index (Phi) is 5.60. The summed E-state index contributed by atoms with van der Waals surface area (Å²) in [6, 6.07) is 7.94. The molecule has 2 aromatic rings. The predicted molar refractivity (Wildman–Crippen MR) is 90.8 cm³/mol. The highest BCUT2D eigenvalue weighted by atomic mass is 32.2. The number of nitrogens with zero attached hydrogens (tertiary/aromatic N) is 3. The number of rotatable bonds is 5. The van der Waals surface area contributed by atoms with Crippen molar-refractivity contribution in [3.63, 3.8) is 0 Å². The number of amides is 1. The monoisotopic (exact) mass is 348 g/mol. The second-order valence-corrected chi connectivity index (χ2v) is 6.13. The molecule has 1 saturated heterocycles. The molecule has 0 unspecified atom stereocenters. The number of ether oxygens (including phenoxy) is 1. The van der Waals surface area contributed by atoms with E-state index in [2.05, 4.69) is 20.2 Å². The molecule has 1 fully saturated rings. The van der Waals surface area contributed by atoms with Crippen LogP contribution < -0.4 is 10.2 Å². The third-order valence-corrected chi connectivity index (χ3v) is 4.39. The number of halogens is 1. The van der Waals surface area contributed by atoms with Crippen molar-refractivity contribution in [3.8, 4) is 0 Å². The Balaban J connectivity index is 1.56. The van der Waals surface area contributed by atoms with Crippen LogP contribution in [0.1, 0.15) is 0 Å². The lowest BCUT2D eigenvalue weighted by atomic mass is 10.3. The van der Waals surface area contributed by atoms with Gasteiger partial charge in [-0.2, -0.15) is 0 Å². The highest BCUT2D eigenvalue weighted by molar-refractivity contribution is 7.99. The minimum atomic E-state index is -0.451. The minimum Gasteiger partial charge on any atom is -0.378 e. The van der Waals surface area contributed by atoms with E-state index < -0.39 is 5.82 Å². The van der Waals surface area contributed by atoms with Crippen LogP contribution in [0.3, 0.4) is 0 Å². The van der Waals surface area contributed by atoms with Crippen LogP contribution in [0.5, 0.6) is 0 Å². The third-order valence-electron chi connectivity index (χ3n) is 3.46. The van der Waals surface area contributed by atoms with Crippen molar-refractivity contribution in [2.75, 3.05) is 42.3 Å². The van der Waals surface area contributed by atoms with Gasteiger partial charge in [0.05, 0.1) is 24.7 Å². The molecule has 0 radical (unpaired) electrons. The smallest absolute Gasteiger partial charge is 0.234 e. The number of para-hydroxylation sites is 1. The molecule has 126 valence electrons. The largest absolute Gasteiger partial charge is 0.378 e. The summed E-state index contributed by atoms with van der Waals surface area (Å²) in [6.45, 7) is 2.93. The number of morpholine rings is 1. The fraction of sp³-hybridized carbons (Fsp3) is 0.312. The van der Waals surface area contributed by atoms with Crippen molar-refractivity contribution >= 4 is 29.2 Å². The molecule has 0 spiro atoms. The van der Waals surface area contributed by atoms with E-state index >= 15 is 0 Å². The molecule has 0 aliphatic carbocycles. The molecule has 1 amide bonds. The molecular formula is C16H17FN4O2S. The van der Waals surface area contributed by atoms with Crippen molar-refractivity contribution in [1.29, 1.82) is 0 Å². The summed E-state index contributed by atoms with van der Waals surface area (Å²) in [5.41, 5.74) is 0.180. The number of hydrogen-bond donors (Lipinski definition) is 1. The number of carbonyl (C=O) groups is 1. The van der Waals surface area contributed by atoms with Crippen LogP contribution in [0.2, 0.25) is 0 Å². The Bertz CT molecular complexity index is 710. The Labute approximate surface area is 143 Å². The summed E-state index contributed by atoms with van der Waals surface area (Å²) in [6.07, 6.45) is 1.49. The molecule has 24 heavy (non-hydrogen) atoms. The van der Waals surface area contributed by atoms with E-state index in [0.29, 0.717) is 18.2 Å². The summed E-state index contributed by atoms with van der Waals surface area (Å²) in [5.74, 6) is 0.239. The van der Waals surface area contributed by atoms with Crippen molar-refractivity contribution in [3.05, 3.63) is 42.5 Å². The molecule has 6 nitrogen and oxygen atoms in total. The van der Waals surface area contributed by atoms with Gasteiger partial charge >= 0.3 is 0 Å². The van der Waals surface area contributed by atoms with Crippen molar-refractivity contribution in [1.82, 2.24) is 9.97 Å². The second-order valence-electron chi connectivity index (χ2n) is 5.13. The number of aromatic nitrogens is 2. The number of carbonyl (C=O) groups excluding carboxylic acids is 1. The Morgan fingerprint density at radius 3 is 2.88 bits per heavy atom. The Hall–Kier alpha value is -2.19. The molecule has 2 heterocycles. The molecule has 1 aromatic carbocycles. The maximum atomic E-state index is 13.5. The summed E-state index contributed by atoms with van der Waals surface area (Å²) in [7, 11) is 0. The van der Waals surface area contributed by atoms with Gasteiger partial charge in [0, 0.05) is 19.2 Å². The fourth-order valence-corrected chi connectivity index (χ4v) is 2.92. The Morgan fingerprint density at radius 1 is 1.29 bits per heavy atom. The van der Waals surface area contributed by atoms with Crippen LogP contribution in [0.25, 0.3) is 0 Å². The van der Waals surface area contributed by atoms with Crippen molar-refractivity contribution in [2.45, 2.75) is 5.03 Å². The number of nitrogens with one attached hydrogen (secondary N) is 1. The van der Waals surface area contributed by atoms with Gasteiger partial charge in [0.1, 0.15) is 23.0 Å². The van der Waals surface area contributed by atoms with Crippen LogP contribution in [-0.4, -0.2) is 47.9 Å². The van der Waals surface area contributed by atoms with E-state index in [1.165, 1.54) is 30.2 Å². The van der Waals surface area contributed by atoms with E-state index in [1.54, 1.807) is 12.1 Å². The number of anilines is 2. The van der Waals surface area contributed by atoms with Gasteiger partial charge in [-0.25, -0.2) is 14.4 Å². The van der Waals surface area contributed by atoms with Crippen LogP contribution in [-0.2, 0) is 9.53 Å². The average Bonchev–Trinajstić information content (AvgIpc) is 2.63. The highest BCUT2D eigenvalue weighted by Gasteiger charge is 2.14. The van der Waals surface area contributed by atoms with E-state index in [1.807, 2.05) is 6.07 Å². The SMILES string of the molecule is O=C(CSc1cc(N2CCOCC2)ncn1)Nc1ccccc1F. The fourth-order valence-electron chi connectivity index (χ4n) is 2.26. The third kappa shape index (κ3) is 4.42. The quantitative estimate of drug-likeness (QED) is 0.660. The van der Waals surface area contributed by atoms with E-state index in [9.17, 15) is 9.18 Å². The van der Waals surface area contributed by atoms with Crippen LogP contribution >= 0.6 is 11.8 Å². The minimum absolute atomic E-state index is 0.147. The standard InChI is InChI=1S/C16H17FN4O2S/c17-12-3-1-2-4-13(12)20-15(22)10-24-16-9-14(18-11-19-16)21-5-7-23-8-6-21/h1-4,9,11H,5-8,10H2,(H,20,22). The molecule has 3 rings (SSSR count). The zero-order valence-corrected chi connectivity index (χ0v) is 13.8. The number of benzene rings is 1. The zero-order chi connectivity index (χ0) is 16.8. The number of thioether (sulfide) groups is 1. The van der Waals surface area contributed by atoms with Crippen LogP contribution in [0.4, 0.5) is 15.9 Å². The first-order valence-electron chi connectivity index (χ1n) is 7.54. The molecule has 1 aromatic heterocycles. The van der Waals surface area contributed by atoms with Gasteiger partial charge in [-0.3, -0.25) is 4.79 Å². The highest BCUT2D eigenvalue weighted by Crippen LogP contribution is 2.21. The first-order chi connectivity index (χ1) is 11.7. The normalized spacial score (nSPS) is 14.5. The molecule has 1 N–H and O–H groups in total. The first kappa shape index (κ1) is 16.7. The summed E-state index contributed by atoms with van der Waals surface area (Å²) >= 11 is 1.29. The molecule has 8 heteroatoms. The van der Waals surface area contributed by atoms with Crippen LogP contribution in [0, 0.1) is 5.82 Å². The zero-order valence-electron chi connectivity index (χ0n) is 12.9. The van der Waals surface area contributed by atoms with E-state index in [0.717, 1.165) is 18.9 Å². The molecule has 1 aliphatic heterocycles. The van der Waals surface area contributed by atoms with Gasteiger partial charge in [-0.1, -0.05) is 23.9 Å². The summed E-state index contributed by atoms with van der Waals surface area (Å²) in [5, 5.41) is 3.26. The van der Waals surface area contributed by atoms with Crippen molar-refractivity contribution in [2.24, 2.45) is 0 Å². The summed E-state index contributed by atoms with van der Waals surface area (Å²) < 4.78 is 18.8. The van der Waals surface area contributed by atoms with Gasteiger partial charge in [-0.15, -0.1) is 0 Å². The van der Waals surface area contributed by atoms with Crippen molar-refractivity contribution < 1.29 is 13.9 Å². The lowest BCUT2D eigenvalue weighted by molar-refractivity contribution is -0.113. The lowest BCUT2D eigenvalue weighted by Gasteiger charge is -2.27. The van der Waals surface area contributed by atoms with Crippen LogP contribution in [0.15, 0.2) is 41.7 Å². The topological polar surface area (TPSA) is 67.4 Å². The number of hydrogen-bond acceptors (Lipinski definition) is 6. The average molecular weight is 348 g/mol. The Morgan fingerprint density at radius 2 is 2.08 bits per heavy atom. The molecule has 0 atom stereocenters. The second kappa shape index (κ2) is 8.07. The first-order valence-corrected chi connectivity index (χ1v) is 8.53. The maximum Gasteiger partial charge on any atom is 0.234 e. The summed E-state index contributed by atoms with van der Waals surface area (Å²) in [4.78, 5) is 22.5. The molecule has 0 bridgehead atoms. The van der Waals surface area contributed by atoms with E-state index in [4.69, 9.17) is 4.74 Å². The maximum absolute atomic E-state index is 13.5. The predicted octanol–water partition coefficient (Wildman–Crippen LogP) is 2.18. The van der Waals surface area contributed by atoms with Gasteiger partial charge in [-0.05, 0) is 12.1 Å². The molecule has 0 saturated carbocycles. The van der Waals surface area contributed by atoms with E-state index in [-0.39, 0.29) is 17.3 Å². The van der Waals surface area contributed by atoms with Gasteiger partial charge in [0.2, 0.25) is 5.91 Å². The van der Waals surface area contributed by atoms with Gasteiger partial charge < -0.3 is 15.0 Å². The van der Waals surface area contributed by atoms with Gasteiger partial charge in [0.25, 0.3) is 0 Å². The lowest BCUT2D eigenvalue weighted by Crippen LogP contribution is -2.36. The molecular weight excluding hydrogens is 331 g/mol. The van der Waals surface area contributed by atoms with Gasteiger partial charge in [0.15, 0.2) is 0 Å².